The molecule has 0 atom stereocenters. The third kappa shape index (κ3) is 1.44. The molecule has 3 rings (SSSR count). The van der Waals surface area contributed by atoms with Crippen LogP contribution in [-0.2, 0) is 9.59 Å². The highest BCUT2D eigenvalue weighted by Gasteiger charge is 2.28. The van der Waals surface area contributed by atoms with Crippen LogP contribution < -0.4 is 10.2 Å². The van der Waals surface area contributed by atoms with Crippen LogP contribution in [-0.4, -0.2) is 23.8 Å². The third-order valence-electron chi connectivity index (χ3n) is 2.92. The van der Waals surface area contributed by atoms with Gasteiger partial charge in [-0.25, -0.2) is 4.98 Å². The summed E-state index contributed by atoms with van der Waals surface area (Å²) in [5.74, 6) is 0.953. The molecule has 1 N–H and O–H groups in total. The van der Waals surface area contributed by atoms with Crippen LogP contribution in [0.4, 0.5) is 11.5 Å². The van der Waals surface area contributed by atoms with Crippen LogP contribution in [0.1, 0.15) is 24.3 Å². The molecular formula is C11H11N3O2. The lowest BCUT2D eigenvalue weighted by molar-refractivity contribution is -0.117. The van der Waals surface area contributed by atoms with E-state index in [2.05, 4.69) is 10.3 Å². The Morgan fingerprint density at radius 1 is 1.50 bits per heavy atom. The van der Waals surface area contributed by atoms with E-state index < -0.39 is 0 Å². The van der Waals surface area contributed by atoms with Gasteiger partial charge in [-0.3, -0.25) is 14.5 Å². The molecule has 1 aliphatic carbocycles. The number of carbonyl (C=O) groups excluding carboxylic acids is 2. The molecule has 0 bridgehead atoms. The van der Waals surface area contributed by atoms with E-state index in [0.29, 0.717) is 23.8 Å². The third-order valence-corrected chi connectivity index (χ3v) is 2.92. The van der Waals surface area contributed by atoms with Gasteiger partial charge in [0.05, 0.1) is 5.69 Å². The Labute approximate surface area is 92.5 Å². The first-order valence-electron chi connectivity index (χ1n) is 5.29. The standard InChI is InChI=1S/C11H11N3O2/c15-6-14-5-10(16)13-9-3-8(7-1-2-7)4-12-11(9)14/h3-4,6-7H,1-2,5H2,(H,13,16). The molecule has 0 saturated heterocycles. The lowest BCUT2D eigenvalue weighted by Gasteiger charge is -2.24. The number of pyridine rings is 1. The smallest absolute Gasteiger partial charge is 0.244 e. The van der Waals surface area contributed by atoms with Crippen molar-refractivity contribution in [3.8, 4) is 0 Å². The fourth-order valence-electron chi connectivity index (χ4n) is 1.94. The predicted octanol–water partition coefficient (Wildman–Crippen LogP) is 0.874. The average Bonchev–Trinajstić information content (AvgIpc) is 3.10. The minimum absolute atomic E-state index is 0.0479. The highest BCUT2D eigenvalue weighted by Crippen LogP contribution is 2.41. The summed E-state index contributed by atoms with van der Waals surface area (Å²) in [4.78, 5) is 27.7. The highest BCUT2D eigenvalue weighted by molar-refractivity contribution is 6.04. The Balaban J connectivity index is 2.03. The normalized spacial score (nSPS) is 19.0. The number of nitrogens with zero attached hydrogens (tertiary/aromatic N) is 2. The number of amides is 2. The first kappa shape index (κ1) is 9.33. The molecule has 0 radical (unpaired) electrons. The fourth-order valence-corrected chi connectivity index (χ4v) is 1.94. The summed E-state index contributed by atoms with van der Waals surface area (Å²) in [6, 6.07) is 1.92. The second kappa shape index (κ2) is 3.30. The van der Waals surface area contributed by atoms with Crippen LogP contribution in [0.15, 0.2) is 12.3 Å². The molecule has 0 spiro atoms. The molecule has 5 nitrogen and oxygen atoms in total. The summed E-state index contributed by atoms with van der Waals surface area (Å²) in [5.41, 5.74) is 1.79. The maximum absolute atomic E-state index is 11.4. The van der Waals surface area contributed by atoms with Crippen LogP contribution in [0, 0.1) is 0 Å². The first-order valence-corrected chi connectivity index (χ1v) is 5.29. The molecule has 82 valence electrons. The van der Waals surface area contributed by atoms with Crippen molar-refractivity contribution in [1.82, 2.24) is 4.98 Å². The van der Waals surface area contributed by atoms with E-state index in [4.69, 9.17) is 0 Å². The number of rotatable bonds is 2. The zero-order valence-corrected chi connectivity index (χ0v) is 8.64. The predicted molar refractivity (Wildman–Crippen MR) is 58.3 cm³/mol. The summed E-state index contributed by atoms with van der Waals surface area (Å²) in [5, 5.41) is 2.75. The van der Waals surface area contributed by atoms with Gasteiger partial charge in [0.2, 0.25) is 12.3 Å². The summed E-state index contributed by atoms with van der Waals surface area (Å²) in [6.07, 6.45) is 4.81. The molecule has 1 saturated carbocycles. The van der Waals surface area contributed by atoms with Crippen LogP contribution in [0.2, 0.25) is 0 Å². The van der Waals surface area contributed by atoms with Gasteiger partial charge in [-0.2, -0.15) is 0 Å². The molecule has 16 heavy (non-hydrogen) atoms. The van der Waals surface area contributed by atoms with Crippen molar-refractivity contribution in [3.05, 3.63) is 17.8 Å². The van der Waals surface area contributed by atoms with E-state index in [9.17, 15) is 9.59 Å². The molecule has 5 heteroatoms. The quantitative estimate of drug-likeness (QED) is 0.748. The van der Waals surface area contributed by atoms with Crippen molar-refractivity contribution < 1.29 is 9.59 Å². The average molecular weight is 217 g/mol. The van der Waals surface area contributed by atoms with Gasteiger partial charge in [-0.1, -0.05) is 0 Å². The molecule has 2 heterocycles. The van der Waals surface area contributed by atoms with Crippen molar-refractivity contribution in [2.75, 3.05) is 16.8 Å². The zero-order chi connectivity index (χ0) is 11.1. The Morgan fingerprint density at radius 2 is 2.31 bits per heavy atom. The Hall–Kier alpha value is -1.91. The summed E-state index contributed by atoms with van der Waals surface area (Å²) < 4.78 is 0. The number of aromatic nitrogens is 1. The Kier molecular flexibility index (Phi) is 1.92. The first-order chi connectivity index (χ1) is 7.78. The van der Waals surface area contributed by atoms with Gasteiger partial charge in [-0.15, -0.1) is 0 Å². The number of nitrogens with one attached hydrogen (secondary N) is 1. The largest absolute Gasteiger partial charge is 0.321 e. The number of hydrogen-bond acceptors (Lipinski definition) is 3. The fraction of sp³-hybridized carbons (Fsp3) is 0.364. The van der Waals surface area contributed by atoms with Crippen LogP contribution >= 0.6 is 0 Å². The summed E-state index contributed by atoms with van der Waals surface area (Å²) >= 11 is 0. The van der Waals surface area contributed by atoms with Crippen LogP contribution in [0.25, 0.3) is 0 Å². The van der Waals surface area contributed by atoms with Crippen molar-refractivity contribution in [2.24, 2.45) is 0 Å². The molecule has 2 aliphatic rings. The lowest BCUT2D eigenvalue weighted by atomic mass is 10.1. The molecule has 1 fully saturated rings. The second-order valence-electron chi connectivity index (χ2n) is 4.20. The molecule has 2 amide bonds. The van der Waals surface area contributed by atoms with Gasteiger partial charge in [0.25, 0.3) is 0 Å². The maximum Gasteiger partial charge on any atom is 0.244 e. The zero-order valence-electron chi connectivity index (χ0n) is 8.64. The van der Waals surface area contributed by atoms with E-state index in [1.54, 1.807) is 6.20 Å². The van der Waals surface area contributed by atoms with E-state index in [0.717, 1.165) is 5.56 Å². The number of anilines is 2. The van der Waals surface area contributed by atoms with Crippen LogP contribution in [0.5, 0.6) is 0 Å². The van der Waals surface area contributed by atoms with Crippen molar-refractivity contribution >= 4 is 23.8 Å². The topological polar surface area (TPSA) is 62.3 Å². The van der Waals surface area contributed by atoms with E-state index >= 15 is 0 Å². The summed E-state index contributed by atoms with van der Waals surface area (Å²) in [7, 11) is 0. The van der Waals surface area contributed by atoms with Gasteiger partial charge < -0.3 is 5.32 Å². The van der Waals surface area contributed by atoms with E-state index in [1.807, 2.05) is 6.07 Å². The van der Waals surface area contributed by atoms with E-state index in [-0.39, 0.29) is 12.5 Å². The number of fused-ring (bicyclic) bond motifs is 1. The van der Waals surface area contributed by atoms with Gasteiger partial charge in [0.1, 0.15) is 6.54 Å². The Morgan fingerprint density at radius 3 is 3.00 bits per heavy atom. The van der Waals surface area contributed by atoms with Crippen LogP contribution in [0.3, 0.4) is 0 Å². The lowest BCUT2D eigenvalue weighted by Crippen LogP contribution is -2.37. The SMILES string of the molecule is O=CN1CC(=O)Nc2cc(C3CC3)cnc21. The molecular weight excluding hydrogens is 206 g/mol. The van der Waals surface area contributed by atoms with Crippen molar-refractivity contribution in [2.45, 2.75) is 18.8 Å². The second-order valence-corrected chi connectivity index (χ2v) is 4.20. The minimum Gasteiger partial charge on any atom is -0.321 e. The van der Waals surface area contributed by atoms with Gasteiger partial charge in [-0.05, 0) is 30.4 Å². The molecule has 1 aliphatic heterocycles. The van der Waals surface area contributed by atoms with Gasteiger partial charge >= 0.3 is 0 Å². The monoisotopic (exact) mass is 217 g/mol. The van der Waals surface area contributed by atoms with Crippen molar-refractivity contribution in [1.29, 1.82) is 0 Å². The summed E-state index contributed by atoms with van der Waals surface area (Å²) in [6.45, 7) is 0.0479. The minimum atomic E-state index is -0.172. The van der Waals surface area contributed by atoms with E-state index in [1.165, 1.54) is 17.7 Å². The molecule has 1 aromatic rings. The molecule has 1 aromatic heterocycles. The molecule has 0 aromatic carbocycles. The Bertz CT molecular complexity index is 468. The molecule has 0 unspecified atom stereocenters. The van der Waals surface area contributed by atoms with Gasteiger partial charge in [0.15, 0.2) is 5.82 Å². The maximum atomic E-state index is 11.4. The number of hydrogen-bond donors (Lipinski definition) is 1. The highest BCUT2D eigenvalue weighted by atomic mass is 16.2. The van der Waals surface area contributed by atoms with Crippen molar-refractivity contribution in [3.63, 3.8) is 0 Å². The van der Waals surface area contributed by atoms with Gasteiger partial charge in [0, 0.05) is 6.20 Å². The number of carbonyl (C=O) groups is 2.